The van der Waals surface area contributed by atoms with Gasteiger partial charge in [0.2, 0.25) is 0 Å². The number of para-hydroxylation sites is 1. The molecule has 0 unspecified atom stereocenters. The molecule has 0 atom stereocenters. The molecule has 3 rings (SSSR count). The number of nitrogen functional groups attached to an aromatic ring is 1. The van der Waals surface area contributed by atoms with Crippen LogP contribution in [0.25, 0.3) is 5.69 Å². The van der Waals surface area contributed by atoms with Crippen LogP contribution in [0.5, 0.6) is 0 Å². The minimum absolute atomic E-state index is 0.302. The maximum Gasteiger partial charge on any atom is 0.358 e. The quantitative estimate of drug-likeness (QED) is 0.880. The second kappa shape index (κ2) is 5.60. The van der Waals surface area contributed by atoms with E-state index in [-0.39, 0.29) is 0 Å². The lowest BCUT2D eigenvalue weighted by atomic mass is 9.97. The molecule has 1 aromatic carbocycles. The van der Waals surface area contributed by atoms with E-state index in [2.05, 4.69) is 5.10 Å². The van der Waals surface area contributed by atoms with Crippen molar-refractivity contribution in [1.82, 2.24) is 9.78 Å². The molecule has 1 heterocycles. The van der Waals surface area contributed by atoms with Gasteiger partial charge in [-0.2, -0.15) is 5.10 Å². The molecule has 110 valence electrons. The maximum atomic E-state index is 12.0. The van der Waals surface area contributed by atoms with Gasteiger partial charge in [0, 0.05) is 5.56 Å². The zero-order valence-corrected chi connectivity index (χ0v) is 12.1. The molecular formula is C16H19N3O2. The van der Waals surface area contributed by atoms with Crippen molar-refractivity contribution in [3.05, 3.63) is 41.6 Å². The zero-order chi connectivity index (χ0) is 14.8. The molecule has 1 saturated carbocycles. The molecule has 0 aliphatic heterocycles. The Hall–Kier alpha value is -2.30. The highest BCUT2D eigenvalue weighted by Gasteiger charge is 2.30. The molecule has 1 aliphatic rings. The molecule has 0 radical (unpaired) electrons. The highest BCUT2D eigenvalue weighted by molar-refractivity contribution is 5.91. The van der Waals surface area contributed by atoms with Crippen molar-refractivity contribution in [3.63, 3.8) is 0 Å². The van der Waals surface area contributed by atoms with E-state index in [9.17, 15) is 4.79 Å². The normalized spacial score (nSPS) is 15.3. The summed E-state index contributed by atoms with van der Waals surface area (Å²) >= 11 is 0. The summed E-state index contributed by atoms with van der Waals surface area (Å²) in [6.07, 6.45) is 4.44. The predicted molar refractivity (Wildman–Crippen MR) is 80.5 cm³/mol. The number of ether oxygens (including phenoxy) is 1. The number of hydrogen-bond acceptors (Lipinski definition) is 4. The topological polar surface area (TPSA) is 70.1 Å². The summed E-state index contributed by atoms with van der Waals surface area (Å²) < 4.78 is 6.51. The molecular weight excluding hydrogens is 266 g/mol. The first kappa shape index (κ1) is 13.7. The van der Waals surface area contributed by atoms with Crippen LogP contribution in [0.3, 0.4) is 0 Å². The van der Waals surface area contributed by atoms with Crippen LogP contribution in [-0.4, -0.2) is 22.9 Å². The number of aromatic nitrogens is 2. The van der Waals surface area contributed by atoms with Crippen molar-refractivity contribution in [1.29, 1.82) is 0 Å². The molecule has 21 heavy (non-hydrogen) atoms. The Bertz CT molecular complexity index is 643. The van der Waals surface area contributed by atoms with Crippen molar-refractivity contribution in [3.8, 4) is 5.69 Å². The highest BCUT2D eigenvalue weighted by atomic mass is 16.5. The van der Waals surface area contributed by atoms with Crippen LogP contribution >= 0.6 is 0 Å². The lowest BCUT2D eigenvalue weighted by Gasteiger charge is -2.10. The molecule has 1 aliphatic carbocycles. The third-order valence-corrected chi connectivity index (χ3v) is 4.10. The van der Waals surface area contributed by atoms with Gasteiger partial charge in [-0.1, -0.05) is 31.0 Å². The second-order valence-electron chi connectivity index (χ2n) is 5.37. The van der Waals surface area contributed by atoms with Crippen LogP contribution in [0.4, 0.5) is 5.82 Å². The lowest BCUT2D eigenvalue weighted by molar-refractivity contribution is 0.0591. The predicted octanol–water partition coefficient (Wildman–Crippen LogP) is 2.90. The third kappa shape index (κ3) is 2.39. The molecule has 1 aromatic heterocycles. The van der Waals surface area contributed by atoms with Crippen LogP contribution < -0.4 is 5.73 Å². The van der Waals surface area contributed by atoms with E-state index in [1.165, 1.54) is 20.0 Å². The Kier molecular flexibility index (Phi) is 3.64. The smallest absolute Gasteiger partial charge is 0.358 e. The van der Waals surface area contributed by atoms with E-state index in [0.29, 0.717) is 17.4 Å². The highest BCUT2D eigenvalue weighted by Crippen LogP contribution is 2.39. The van der Waals surface area contributed by atoms with Crippen molar-refractivity contribution in [2.24, 2.45) is 0 Å². The fraction of sp³-hybridized carbons (Fsp3) is 0.375. The Morgan fingerprint density at radius 1 is 1.29 bits per heavy atom. The van der Waals surface area contributed by atoms with Gasteiger partial charge in [-0.25, -0.2) is 9.48 Å². The third-order valence-electron chi connectivity index (χ3n) is 4.10. The molecule has 5 heteroatoms. The first-order valence-electron chi connectivity index (χ1n) is 7.24. The van der Waals surface area contributed by atoms with Crippen LogP contribution in [0.2, 0.25) is 0 Å². The van der Waals surface area contributed by atoms with E-state index in [4.69, 9.17) is 10.5 Å². The molecule has 2 aromatic rings. The number of nitrogens with zero attached hydrogens (tertiary/aromatic N) is 2. The van der Waals surface area contributed by atoms with E-state index in [1.807, 2.05) is 30.3 Å². The number of benzene rings is 1. The van der Waals surface area contributed by atoms with Crippen LogP contribution in [0, 0.1) is 0 Å². The SMILES string of the molecule is COC(=O)c1nn(-c2ccccc2)c(N)c1C1CCCC1. The van der Waals surface area contributed by atoms with Crippen LogP contribution in [0.15, 0.2) is 30.3 Å². The Labute approximate surface area is 123 Å². The van der Waals surface area contributed by atoms with E-state index < -0.39 is 5.97 Å². The molecule has 2 N–H and O–H groups in total. The second-order valence-corrected chi connectivity index (χ2v) is 5.37. The largest absolute Gasteiger partial charge is 0.464 e. The number of nitrogens with two attached hydrogens (primary N) is 1. The number of carbonyl (C=O) groups is 1. The number of rotatable bonds is 3. The van der Waals surface area contributed by atoms with E-state index in [1.54, 1.807) is 4.68 Å². The average molecular weight is 285 g/mol. The number of hydrogen-bond donors (Lipinski definition) is 1. The van der Waals surface area contributed by atoms with Crippen molar-refractivity contribution in [2.75, 3.05) is 12.8 Å². The van der Waals surface area contributed by atoms with Gasteiger partial charge in [-0.15, -0.1) is 0 Å². The molecule has 0 saturated heterocycles. The Morgan fingerprint density at radius 3 is 2.57 bits per heavy atom. The van der Waals surface area contributed by atoms with Gasteiger partial charge in [-0.3, -0.25) is 0 Å². The monoisotopic (exact) mass is 285 g/mol. The first-order valence-corrected chi connectivity index (χ1v) is 7.24. The van der Waals surface area contributed by atoms with Crippen molar-refractivity contribution < 1.29 is 9.53 Å². The summed E-state index contributed by atoms with van der Waals surface area (Å²) in [5.41, 5.74) is 8.36. The standard InChI is InChI=1S/C16H19N3O2/c1-21-16(20)14-13(11-7-5-6-8-11)15(17)19(18-14)12-9-3-2-4-10-12/h2-4,9-11H,5-8,17H2,1H3. The molecule has 1 fully saturated rings. The zero-order valence-electron chi connectivity index (χ0n) is 12.1. The van der Waals surface area contributed by atoms with Gasteiger partial charge in [0.15, 0.2) is 5.69 Å². The molecule has 0 bridgehead atoms. The number of methoxy groups -OCH3 is 1. The number of anilines is 1. The van der Waals surface area contributed by atoms with Gasteiger partial charge in [-0.05, 0) is 30.9 Å². The number of carbonyl (C=O) groups excluding carboxylic acids is 1. The first-order chi connectivity index (χ1) is 10.2. The minimum atomic E-state index is -0.418. The molecule has 0 amide bonds. The van der Waals surface area contributed by atoms with Crippen LogP contribution in [0.1, 0.15) is 47.7 Å². The van der Waals surface area contributed by atoms with Gasteiger partial charge >= 0.3 is 5.97 Å². The summed E-state index contributed by atoms with van der Waals surface area (Å²) in [5, 5.41) is 4.41. The summed E-state index contributed by atoms with van der Waals surface area (Å²) in [5.74, 6) is 0.434. The van der Waals surface area contributed by atoms with Gasteiger partial charge in [0.25, 0.3) is 0 Å². The summed E-state index contributed by atoms with van der Waals surface area (Å²) in [6.45, 7) is 0. The maximum absolute atomic E-state index is 12.0. The van der Waals surface area contributed by atoms with E-state index in [0.717, 1.165) is 24.1 Å². The fourth-order valence-corrected chi connectivity index (χ4v) is 3.07. The average Bonchev–Trinajstić information content (AvgIpc) is 3.14. The van der Waals surface area contributed by atoms with Gasteiger partial charge in [0.1, 0.15) is 5.82 Å². The lowest BCUT2D eigenvalue weighted by Crippen LogP contribution is -2.08. The molecule has 5 nitrogen and oxygen atoms in total. The Morgan fingerprint density at radius 2 is 1.95 bits per heavy atom. The van der Waals surface area contributed by atoms with Crippen molar-refractivity contribution in [2.45, 2.75) is 31.6 Å². The van der Waals surface area contributed by atoms with Crippen molar-refractivity contribution >= 4 is 11.8 Å². The van der Waals surface area contributed by atoms with Gasteiger partial charge < -0.3 is 10.5 Å². The minimum Gasteiger partial charge on any atom is -0.464 e. The number of esters is 1. The summed E-state index contributed by atoms with van der Waals surface area (Å²) in [4.78, 5) is 12.0. The summed E-state index contributed by atoms with van der Waals surface area (Å²) in [6, 6.07) is 9.61. The van der Waals surface area contributed by atoms with Gasteiger partial charge in [0.05, 0.1) is 12.8 Å². The van der Waals surface area contributed by atoms with Crippen LogP contribution in [-0.2, 0) is 4.74 Å². The summed E-state index contributed by atoms with van der Waals surface area (Å²) in [7, 11) is 1.37. The Balaban J connectivity index is 2.13. The fourth-order valence-electron chi connectivity index (χ4n) is 3.07. The molecule has 0 spiro atoms. The van der Waals surface area contributed by atoms with E-state index >= 15 is 0 Å².